The summed E-state index contributed by atoms with van der Waals surface area (Å²) in [6.45, 7) is 5.40. The molecule has 0 atom stereocenters. The number of aromatic nitrogens is 5. The summed E-state index contributed by atoms with van der Waals surface area (Å²) in [6.07, 6.45) is 0. The smallest absolute Gasteiger partial charge is 0.221 e. The highest BCUT2D eigenvalue weighted by Crippen LogP contribution is 2.22. The second-order valence-electron chi connectivity index (χ2n) is 6.69. The number of hydrogen-bond donors (Lipinski definition) is 0. The van der Waals surface area contributed by atoms with Crippen LogP contribution in [0.2, 0.25) is 0 Å². The molecule has 0 N–H and O–H groups in total. The van der Waals surface area contributed by atoms with Crippen molar-refractivity contribution >= 4 is 33.8 Å². The lowest BCUT2D eigenvalue weighted by atomic mass is 10.1. The van der Waals surface area contributed by atoms with Gasteiger partial charge in [0.05, 0.1) is 29.1 Å². The van der Waals surface area contributed by atoms with Gasteiger partial charge in [0, 0.05) is 0 Å². The fourth-order valence-electron chi connectivity index (χ4n) is 2.96. The minimum atomic E-state index is 0.555. The Hall–Kier alpha value is -2.42. The molecule has 2 aromatic heterocycles. The number of fused-ring (bicyclic) bond motifs is 1. The van der Waals surface area contributed by atoms with Crippen LogP contribution in [0, 0.1) is 18.6 Å². The number of tetrazole rings is 1. The first-order valence-corrected chi connectivity index (χ1v) is 9.87. The molecule has 0 saturated carbocycles. The topological polar surface area (TPSA) is 51.8 Å². The Labute approximate surface area is 166 Å². The first-order valence-electron chi connectivity index (χ1n) is 8.65. The van der Waals surface area contributed by atoms with Crippen molar-refractivity contribution in [1.82, 2.24) is 29.7 Å². The molecule has 0 aliphatic heterocycles. The van der Waals surface area contributed by atoms with Crippen molar-refractivity contribution in [3.05, 3.63) is 63.4 Å². The van der Waals surface area contributed by atoms with Gasteiger partial charge in [-0.15, -0.1) is 11.3 Å². The monoisotopic (exact) mass is 396 g/mol. The average Bonchev–Trinajstić information content (AvgIpc) is 3.20. The lowest BCUT2D eigenvalue weighted by Gasteiger charge is -2.14. The quantitative estimate of drug-likeness (QED) is 0.475. The summed E-state index contributed by atoms with van der Waals surface area (Å²) in [5.41, 5.74) is 4.30. The van der Waals surface area contributed by atoms with E-state index < -0.39 is 0 Å². The lowest BCUT2D eigenvalue weighted by Crippen LogP contribution is -2.22. The van der Waals surface area contributed by atoms with Crippen LogP contribution in [0.15, 0.2) is 42.5 Å². The maximum absolute atomic E-state index is 5.61. The van der Waals surface area contributed by atoms with Gasteiger partial charge in [0.25, 0.3) is 0 Å². The Morgan fingerprint density at radius 1 is 1.11 bits per heavy atom. The van der Waals surface area contributed by atoms with Crippen molar-refractivity contribution in [1.29, 1.82) is 0 Å². The van der Waals surface area contributed by atoms with Gasteiger partial charge in [-0.05, 0) is 72.9 Å². The molecule has 4 aromatic rings. The summed E-state index contributed by atoms with van der Waals surface area (Å²) in [4.78, 5) is 6.83. The zero-order chi connectivity index (χ0) is 19.0. The minimum absolute atomic E-state index is 0.555. The van der Waals surface area contributed by atoms with Crippen LogP contribution in [0.25, 0.3) is 15.9 Å². The van der Waals surface area contributed by atoms with E-state index in [0.29, 0.717) is 11.4 Å². The SMILES string of the molecule is Cc1ccc(C)c(-n2nnn(CN(C)Cc3nc4ccccc4s3)c2=S)c1. The lowest BCUT2D eigenvalue weighted by molar-refractivity contribution is 0.242. The van der Waals surface area contributed by atoms with Crippen molar-refractivity contribution in [3.63, 3.8) is 0 Å². The largest absolute Gasteiger partial charge is 0.281 e. The predicted molar refractivity (Wildman–Crippen MR) is 111 cm³/mol. The van der Waals surface area contributed by atoms with Gasteiger partial charge in [-0.25, -0.2) is 9.67 Å². The van der Waals surface area contributed by atoms with E-state index in [1.54, 1.807) is 20.7 Å². The second kappa shape index (κ2) is 7.30. The van der Waals surface area contributed by atoms with Crippen molar-refractivity contribution in [2.45, 2.75) is 27.1 Å². The summed E-state index contributed by atoms with van der Waals surface area (Å²) >= 11 is 7.32. The summed E-state index contributed by atoms with van der Waals surface area (Å²) in [7, 11) is 2.03. The molecular formula is C19H20N6S2. The highest BCUT2D eigenvalue weighted by molar-refractivity contribution is 7.71. The Morgan fingerprint density at radius 2 is 1.93 bits per heavy atom. The Bertz CT molecular complexity index is 1120. The molecule has 2 aromatic carbocycles. The van der Waals surface area contributed by atoms with Crippen LogP contribution >= 0.6 is 23.6 Å². The highest BCUT2D eigenvalue weighted by Gasteiger charge is 2.12. The first-order chi connectivity index (χ1) is 13.0. The molecule has 0 aliphatic rings. The summed E-state index contributed by atoms with van der Waals surface area (Å²) in [5, 5.41) is 9.60. The van der Waals surface area contributed by atoms with Crippen molar-refractivity contribution in [2.24, 2.45) is 0 Å². The van der Waals surface area contributed by atoms with Crippen LogP contribution in [-0.2, 0) is 13.2 Å². The van der Waals surface area contributed by atoms with Gasteiger partial charge in [-0.2, -0.15) is 4.68 Å². The van der Waals surface area contributed by atoms with Gasteiger partial charge in [0.1, 0.15) is 5.01 Å². The van der Waals surface area contributed by atoms with Crippen LogP contribution in [0.4, 0.5) is 0 Å². The van der Waals surface area contributed by atoms with E-state index in [9.17, 15) is 0 Å². The van der Waals surface area contributed by atoms with E-state index in [-0.39, 0.29) is 0 Å². The molecule has 27 heavy (non-hydrogen) atoms. The molecule has 0 fully saturated rings. The number of benzene rings is 2. The van der Waals surface area contributed by atoms with Gasteiger partial charge in [-0.3, -0.25) is 4.90 Å². The van der Waals surface area contributed by atoms with Gasteiger partial charge >= 0.3 is 0 Å². The minimum Gasteiger partial charge on any atom is -0.281 e. The molecule has 0 amide bonds. The number of thiazole rings is 1. The molecule has 2 heterocycles. The number of para-hydroxylation sites is 1. The van der Waals surface area contributed by atoms with Crippen LogP contribution in [0.3, 0.4) is 0 Å². The maximum atomic E-state index is 5.61. The zero-order valence-corrected chi connectivity index (χ0v) is 17.1. The molecular weight excluding hydrogens is 376 g/mol. The number of rotatable bonds is 5. The summed E-state index contributed by atoms with van der Waals surface area (Å²) in [6, 6.07) is 14.4. The van der Waals surface area contributed by atoms with Gasteiger partial charge in [0.2, 0.25) is 4.77 Å². The fraction of sp³-hybridized carbons (Fsp3) is 0.263. The highest BCUT2D eigenvalue weighted by atomic mass is 32.1. The molecule has 138 valence electrons. The van der Waals surface area contributed by atoms with Crippen molar-refractivity contribution in [2.75, 3.05) is 7.05 Å². The van der Waals surface area contributed by atoms with Crippen LogP contribution in [0.1, 0.15) is 16.1 Å². The summed E-state index contributed by atoms with van der Waals surface area (Å²) < 4.78 is 5.26. The van der Waals surface area contributed by atoms with E-state index in [1.807, 2.05) is 25.2 Å². The van der Waals surface area contributed by atoms with E-state index in [4.69, 9.17) is 17.2 Å². The van der Waals surface area contributed by atoms with Crippen molar-refractivity contribution in [3.8, 4) is 5.69 Å². The normalized spacial score (nSPS) is 11.6. The van der Waals surface area contributed by atoms with E-state index >= 15 is 0 Å². The first kappa shape index (κ1) is 18.0. The Balaban J connectivity index is 1.53. The second-order valence-corrected chi connectivity index (χ2v) is 8.17. The number of nitrogens with zero attached hydrogens (tertiary/aromatic N) is 6. The van der Waals surface area contributed by atoms with Gasteiger partial charge in [-0.1, -0.05) is 24.3 Å². The van der Waals surface area contributed by atoms with Gasteiger partial charge in [0.15, 0.2) is 0 Å². The third-order valence-electron chi connectivity index (χ3n) is 4.35. The average molecular weight is 397 g/mol. The van der Waals surface area contributed by atoms with Crippen LogP contribution < -0.4 is 0 Å². The zero-order valence-electron chi connectivity index (χ0n) is 15.5. The molecule has 0 spiro atoms. The molecule has 0 radical (unpaired) electrons. The molecule has 6 nitrogen and oxygen atoms in total. The van der Waals surface area contributed by atoms with E-state index in [0.717, 1.165) is 28.3 Å². The van der Waals surface area contributed by atoms with E-state index in [2.05, 4.69) is 53.4 Å². The summed E-state index contributed by atoms with van der Waals surface area (Å²) in [5.74, 6) is 0. The maximum Gasteiger partial charge on any atom is 0.221 e. The molecule has 0 aliphatic carbocycles. The van der Waals surface area contributed by atoms with Crippen molar-refractivity contribution < 1.29 is 0 Å². The molecule has 0 unspecified atom stereocenters. The number of aryl methyl sites for hydroxylation is 2. The third kappa shape index (κ3) is 3.69. The molecule has 4 rings (SSSR count). The molecule has 0 bridgehead atoms. The van der Waals surface area contributed by atoms with Crippen LogP contribution in [-0.4, -0.2) is 36.7 Å². The predicted octanol–water partition coefficient (Wildman–Crippen LogP) is 4.11. The molecule has 8 heteroatoms. The number of hydrogen-bond acceptors (Lipinski definition) is 6. The fourth-order valence-corrected chi connectivity index (χ4v) is 4.24. The van der Waals surface area contributed by atoms with E-state index in [1.165, 1.54) is 10.3 Å². The third-order valence-corrected chi connectivity index (χ3v) is 5.76. The van der Waals surface area contributed by atoms with Gasteiger partial charge < -0.3 is 0 Å². The Morgan fingerprint density at radius 3 is 2.74 bits per heavy atom. The molecule has 0 saturated heterocycles. The van der Waals surface area contributed by atoms with Crippen LogP contribution in [0.5, 0.6) is 0 Å². The standard InChI is InChI=1S/C19H20N6S2/c1-13-8-9-14(2)16(10-13)25-19(26)24(21-22-25)12-23(3)11-18-20-15-6-4-5-7-17(15)27-18/h4-10H,11-12H2,1-3H3. The Kier molecular flexibility index (Phi) is 4.86.